The normalized spacial score (nSPS) is 15.7. The summed E-state index contributed by atoms with van der Waals surface area (Å²) in [4.78, 5) is 13.7. The van der Waals surface area contributed by atoms with Gasteiger partial charge < -0.3 is 4.74 Å². The fraction of sp³-hybridized carbons (Fsp3) is 0.917. The third-order valence-electron chi connectivity index (χ3n) is 2.67. The average molecular weight is 213 g/mol. The van der Waals surface area contributed by atoms with Crippen molar-refractivity contribution in [3.63, 3.8) is 0 Å². The molecule has 0 aromatic carbocycles. The van der Waals surface area contributed by atoms with Gasteiger partial charge in [0.25, 0.3) is 0 Å². The summed E-state index contributed by atoms with van der Waals surface area (Å²) in [6.07, 6.45) is 5.67. The highest BCUT2D eigenvalue weighted by Gasteiger charge is 2.29. The van der Waals surface area contributed by atoms with Crippen LogP contribution in [0.25, 0.3) is 0 Å². The van der Waals surface area contributed by atoms with Gasteiger partial charge in [0, 0.05) is 6.04 Å². The molecule has 0 spiro atoms. The predicted molar refractivity (Wildman–Crippen MR) is 60.8 cm³/mol. The quantitative estimate of drug-likeness (QED) is 0.457. The van der Waals surface area contributed by atoms with Gasteiger partial charge in [-0.2, -0.15) is 0 Å². The van der Waals surface area contributed by atoms with E-state index in [1.165, 1.54) is 12.8 Å². The van der Waals surface area contributed by atoms with Gasteiger partial charge in [0.15, 0.2) is 0 Å². The molecule has 1 aliphatic carbocycles. The van der Waals surface area contributed by atoms with E-state index in [2.05, 4.69) is 18.7 Å². The van der Waals surface area contributed by atoms with E-state index in [1.807, 2.05) is 0 Å². The van der Waals surface area contributed by atoms with Crippen molar-refractivity contribution >= 4 is 5.97 Å². The molecule has 0 aromatic rings. The van der Waals surface area contributed by atoms with E-state index < -0.39 is 0 Å². The van der Waals surface area contributed by atoms with Gasteiger partial charge in [-0.25, -0.2) is 0 Å². The number of esters is 1. The molecular weight excluding hydrogens is 190 g/mol. The standard InChI is InChI=1S/C12H23NO2/c1-3-5-9-15-12(14)10-13(8-4-2)11-6-7-11/h11H,3-10H2,1-2H3. The average Bonchev–Trinajstić information content (AvgIpc) is 3.01. The van der Waals surface area contributed by atoms with E-state index in [4.69, 9.17) is 4.74 Å². The summed E-state index contributed by atoms with van der Waals surface area (Å²) < 4.78 is 5.16. The van der Waals surface area contributed by atoms with Gasteiger partial charge in [0.2, 0.25) is 0 Å². The molecule has 0 bridgehead atoms. The van der Waals surface area contributed by atoms with Crippen LogP contribution < -0.4 is 0 Å². The lowest BCUT2D eigenvalue weighted by Crippen LogP contribution is -2.33. The molecule has 1 aliphatic rings. The van der Waals surface area contributed by atoms with Gasteiger partial charge in [-0.05, 0) is 32.2 Å². The van der Waals surface area contributed by atoms with Crippen molar-refractivity contribution in [1.29, 1.82) is 0 Å². The topological polar surface area (TPSA) is 29.5 Å². The predicted octanol–water partition coefficient (Wildman–Crippen LogP) is 2.20. The maximum absolute atomic E-state index is 11.5. The van der Waals surface area contributed by atoms with Gasteiger partial charge in [-0.3, -0.25) is 9.69 Å². The lowest BCUT2D eigenvalue weighted by molar-refractivity contribution is -0.145. The molecule has 0 amide bonds. The lowest BCUT2D eigenvalue weighted by Gasteiger charge is -2.19. The molecule has 0 N–H and O–H groups in total. The molecule has 0 heterocycles. The molecule has 0 radical (unpaired) electrons. The van der Waals surface area contributed by atoms with Crippen LogP contribution in [0, 0.1) is 0 Å². The van der Waals surface area contributed by atoms with Crippen LogP contribution in [0.3, 0.4) is 0 Å². The summed E-state index contributed by atoms with van der Waals surface area (Å²) in [6, 6.07) is 0.656. The summed E-state index contributed by atoms with van der Waals surface area (Å²) in [6.45, 7) is 6.34. The second-order valence-corrected chi connectivity index (χ2v) is 4.28. The van der Waals surface area contributed by atoms with Crippen molar-refractivity contribution in [2.75, 3.05) is 19.7 Å². The Kier molecular flexibility index (Phi) is 5.69. The number of hydrogen-bond acceptors (Lipinski definition) is 3. The molecule has 0 aliphatic heterocycles. The third-order valence-corrected chi connectivity index (χ3v) is 2.67. The molecule has 0 aromatic heterocycles. The first-order valence-electron chi connectivity index (χ1n) is 6.17. The first-order chi connectivity index (χ1) is 7.27. The van der Waals surface area contributed by atoms with E-state index in [1.54, 1.807) is 0 Å². The van der Waals surface area contributed by atoms with Crippen LogP contribution >= 0.6 is 0 Å². The van der Waals surface area contributed by atoms with Gasteiger partial charge in [0.05, 0.1) is 13.2 Å². The first kappa shape index (κ1) is 12.5. The molecule has 88 valence electrons. The maximum atomic E-state index is 11.5. The highest BCUT2D eigenvalue weighted by molar-refractivity contribution is 5.71. The number of rotatable bonds is 8. The zero-order valence-corrected chi connectivity index (χ0v) is 10.00. The van der Waals surface area contributed by atoms with Gasteiger partial charge >= 0.3 is 5.97 Å². The molecule has 0 atom stereocenters. The van der Waals surface area contributed by atoms with E-state index >= 15 is 0 Å². The number of ether oxygens (including phenoxy) is 1. The minimum absolute atomic E-state index is 0.0520. The molecule has 0 saturated heterocycles. The van der Waals surface area contributed by atoms with E-state index in [0.717, 1.165) is 25.8 Å². The fourth-order valence-corrected chi connectivity index (χ4v) is 1.66. The number of carbonyl (C=O) groups excluding carboxylic acids is 1. The summed E-state index contributed by atoms with van der Waals surface area (Å²) >= 11 is 0. The fourth-order valence-electron chi connectivity index (χ4n) is 1.66. The van der Waals surface area contributed by atoms with Crippen molar-refractivity contribution in [3.8, 4) is 0 Å². The van der Waals surface area contributed by atoms with Crippen molar-refractivity contribution in [2.45, 2.75) is 52.0 Å². The molecule has 3 nitrogen and oxygen atoms in total. The number of nitrogens with zero attached hydrogens (tertiary/aromatic N) is 1. The third kappa shape index (κ3) is 5.17. The van der Waals surface area contributed by atoms with Crippen molar-refractivity contribution in [2.24, 2.45) is 0 Å². The van der Waals surface area contributed by atoms with E-state index in [9.17, 15) is 4.79 Å². The van der Waals surface area contributed by atoms with Crippen molar-refractivity contribution < 1.29 is 9.53 Å². The number of carbonyl (C=O) groups is 1. The largest absolute Gasteiger partial charge is 0.465 e. The molecule has 1 fully saturated rings. The Hall–Kier alpha value is -0.570. The maximum Gasteiger partial charge on any atom is 0.320 e. The van der Waals surface area contributed by atoms with Crippen LogP contribution in [-0.4, -0.2) is 36.6 Å². The van der Waals surface area contributed by atoms with Gasteiger partial charge in [0.1, 0.15) is 0 Å². The first-order valence-corrected chi connectivity index (χ1v) is 6.17. The number of unbranched alkanes of at least 4 members (excludes halogenated alkanes) is 1. The summed E-state index contributed by atoms with van der Waals surface area (Å²) in [5.74, 6) is -0.0520. The number of hydrogen-bond donors (Lipinski definition) is 0. The van der Waals surface area contributed by atoms with E-state index in [0.29, 0.717) is 19.2 Å². The van der Waals surface area contributed by atoms with Gasteiger partial charge in [-0.1, -0.05) is 20.3 Å². The highest BCUT2D eigenvalue weighted by Crippen LogP contribution is 2.26. The van der Waals surface area contributed by atoms with Crippen LogP contribution in [-0.2, 0) is 9.53 Å². The Morgan fingerprint density at radius 2 is 2.07 bits per heavy atom. The molecule has 15 heavy (non-hydrogen) atoms. The highest BCUT2D eigenvalue weighted by atomic mass is 16.5. The zero-order valence-electron chi connectivity index (χ0n) is 10.00. The Morgan fingerprint density at radius 1 is 1.33 bits per heavy atom. The Labute approximate surface area is 92.8 Å². The second-order valence-electron chi connectivity index (χ2n) is 4.28. The van der Waals surface area contributed by atoms with Crippen LogP contribution in [0.15, 0.2) is 0 Å². The van der Waals surface area contributed by atoms with Crippen molar-refractivity contribution in [1.82, 2.24) is 4.90 Å². The SMILES string of the molecule is CCCCOC(=O)CN(CCC)C1CC1. The van der Waals surface area contributed by atoms with Crippen LogP contribution in [0.4, 0.5) is 0 Å². The minimum atomic E-state index is -0.0520. The monoisotopic (exact) mass is 213 g/mol. The second kappa shape index (κ2) is 6.83. The van der Waals surface area contributed by atoms with Crippen LogP contribution in [0.5, 0.6) is 0 Å². The molecular formula is C12H23NO2. The zero-order chi connectivity index (χ0) is 11.1. The molecule has 1 saturated carbocycles. The summed E-state index contributed by atoms with van der Waals surface area (Å²) in [7, 11) is 0. The summed E-state index contributed by atoms with van der Waals surface area (Å²) in [5, 5.41) is 0. The Balaban J connectivity index is 2.15. The van der Waals surface area contributed by atoms with Gasteiger partial charge in [-0.15, -0.1) is 0 Å². The lowest BCUT2D eigenvalue weighted by atomic mass is 10.3. The van der Waals surface area contributed by atoms with Crippen molar-refractivity contribution in [3.05, 3.63) is 0 Å². The summed E-state index contributed by atoms with van der Waals surface area (Å²) in [5.41, 5.74) is 0. The molecule has 3 heteroatoms. The minimum Gasteiger partial charge on any atom is -0.465 e. The van der Waals surface area contributed by atoms with Crippen LogP contribution in [0.1, 0.15) is 46.0 Å². The van der Waals surface area contributed by atoms with Crippen LogP contribution in [0.2, 0.25) is 0 Å². The molecule has 0 unspecified atom stereocenters. The van der Waals surface area contributed by atoms with E-state index in [-0.39, 0.29) is 5.97 Å². The Bertz CT molecular complexity index is 190. The Morgan fingerprint density at radius 3 is 2.60 bits per heavy atom. The smallest absolute Gasteiger partial charge is 0.320 e. The molecule has 1 rings (SSSR count).